The lowest BCUT2D eigenvalue weighted by molar-refractivity contribution is -0.115. The zero-order valence-corrected chi connectivity index (χ0v) is 11.8. The number of aromatic nitrogens is 1. The van der Waals surface area contributed by atoms with Gasteiger partial charge in [0.1, 0.15) is 5.75 Å². The van der Waals surface area contributed by atoms with Gasteiger partial charge in [-0.25, -0.2) is 0 Å². The van der Waals surface area contributed by atoms with Crippen LogP contribution in [-0.4, -0.2) is 16.0 Å². The van der Waals surface area contributed by atoms with Crippen LogP contribution in [0.5, 0.6) is 5.75 Å². The van der Waals surface area contributed by atoms with Crippen LogP contribution in [-0.2, 0) is 11.2 Å². The Labute approximate surface area is 127 Å². The number of benzene rings is 2. The molecule has 0 aliphatic rings. The van der Waals surface area contributed by atoms with E-state index >= 15 is 0 Å². The molecule has 110 valence electrons. The van der Waals surface area contributed by atoms with E-state index in [0.717, 1.165) is 10.9 Å². The number of amides is 1. The van der Waals surface area contributed by atoms with Crippen molar-refractivity contribution < 1.29 is 9.90 Å². The van der Waals surface area contributed by atoms with Crippen molar-refractivity contribution in [3.63, 3.8) is 0 Å². The number of hydrogen-bond donors (Lipinski definition) is 3. The first-order chi connectivity index (χ1) is 10.6. The summed E-state index contributed by atoms with van der Waals surface area (Å²) >= 11 is 0. The van der Waals surface area contributed by atoms with Crippen LogP contribution >= 0.6 is 0 Å². The van der Waals surface area contributed by atoms with Crippen LogP contribution < -0.4 is 11.1 Å². The van der Waals surface area contributed by atoms with Gasteiger partial charge in [-0.15, -0.1) is 0 Å². The molecular formula is C17H15N3O2. The summed E-state index contributed by atoms with van der Waals surface area (Å²) in [7, 11) is 0. The third-order valence-corrected chi connectivity index (χ3v) is 3.24. The summed E-state index contributed by atoms with van der Waals surface area (Å²) in [5.74, 6) is -0.0767. The van der Waals surface area contributed by atoms with Gasteiger partial charge < -0.3 is 16.2 Å². The fraction of sp³-hybridized carbons (Fsp3) is 0.0588. The van der Waals surface area contributed by atoms with Crippen LogP contribution in [0.25, 0.3) is 10.9 Å². The summed E-state index contributed by atoms with van der Waals surface area (Å²) in [5, 5.41) is 13.1. The third kappa shape index (κ3) is 3.15. The second kappa shape index (κ2) is 5.73. The first-order valence-corrected chi connectivity index (χ1v) is 6.84. The maximum Gasteiger partial charge on any atom is 0.230 e. The Hall–Kier alpha value is -3.08. The largest absolute Gasteiger partial charge is 0.508 e. The molecule has 2 aromatic carbocycles. The molecule has 0 bridgehead atoms. The molecule has 0 unspecified atom stereocenters. The number of nitrogens with two attached hydrogens (primary N) is 1. The van der Waals surface area contributed by atoms with Gasteiger partial charge in [0.15, 0.2) is 0 Å². The molecule has 0 saturated heterocycles. The van der Waals surface area contributed by atoms with Gasteiger partial charge in [0, 0.05) is 22.8 Å². The maximum atomic E-state index is 12.0. The number of aromatic hydroxyl groups is 1. The number of rotatable bonds is 3. The van der Waals surface area contributed by atoms with E-state index < -0.39 is 0 Å². The molecule has 5 heteroatoms. The van der Waals surface area contributed by atoms with E-state index in [2.05, 4.69) is 10.3 Å². The molecule has 0 fully saturated rings. The smallest absolute Gasteiger partial charge is 0.230 e. The predicted octanol–water partition coefficient (Wildman–Crippen LogP) is 2.70. The molecule has 1 aromatic heterocycles. The van der Waals surface area contributed by atoms with E-state index in [1.165, 1.54) is 6.07 Å². The van der Waals surface area contributed by atoms with E-state index in [1.807, 2.05) is 24.3 Å². The Bertz CT molecular complexity index is 846. The maximum absolute atomic E-state index is 12.0. The Morgan fingerprint density at radius 1 is 1.14 bits per heavy atom. The van der Waals surface area contributed by atoms with Crippen LogP contribution in [0.15, 0.2) is 54.6 Å². The number of hydrogen-bond acceptors (Lipinski definition) is 4. The molecule has 3 rings (SSSR count). The molecule has 1 heterocycles. The van der Waals surface area contributed by atoms with Crippen molar-refractivity contribution in [1.82, 2.24) is 4.98 Å². The van der Waals surface area contributed by atoms with Crippen molar-refractivity contribution in [2.75, 3.05) is 11.1 Å². The Morgan fingerprint density at radius 2 is 2.00 bits per heavy atom. The van der Waals surface area contributed by atoms with Gasteiger partial charge in [-0.05, 0) is 36.4 Å². The molecule has 0 atom stereocenters. The fourth-order valence-electron chi connectivity index (χ4n) is 2.24. The van der Waals surface area contributed by atoms with E-state index in [0.29, 0.717) is 17.1 Å². The van der Waals surface area contributed by atoms with Gasteiger partial charge in [0.2, 0.25) is 5.91 Å². The lowest BCUT2D eigenvalue weighted by Gasteiger charge is -2.06. The van der Waals surface area contributed by atoms with Crippen molar-refractivity contribution in [2.45, 2.75) is 6.42 Å². The summed E-state index contributed by atoms with van der Waals surface area (Å²) in [5.41, 5.74) is 8.45. The highest BCUT2D eigenvalue weighted by molar-refractivity contribution is 5.92. The lowest BCUT2D eigenvalue weighted by atomic mass is 10.1. The summed E-state index contributed by atoms with van der Waals surface area (Å²) in [6.45, 7) is 0. The van der Waals surface area contributed by atoms with Gasteiger partial charge in [-0.1, -0.05) is 12.1 Å². The summed E-state index contributed by atoms with van der Waals surface area (Å²) < 4.78 is 0. The minimum Gasteiger partial charge on any atom is -0.508 e. The normalized spacial score (nSPS) is 10.5. The van der Waals surface area contributed by atoms with Crippen LogP contribution in [0.2, 0.25) is 0 Å². The number of nitrogen functional groups attached to an aromatic ring is 1. The minimum absolute atomic E-state index is 0.110. The Kier molecular flexibility index (Phi) is 3.62. The Balaban J connectivity index is 1.75. The second-order valence-electron chi connectivity index (χ2n) is 5.03. The minimum atomic E-state index is -0.187. The number of fused-ring (bicyclic) bond motifs is 1. The Morgan fingerprint density at radius 3 is 2.82 bits per heavy atom. The van der Waals surface area contributed by atoms with Crippen LogP contribution in [0.3, 0.4) is 0 Å². The zero-order chi connectivity index (χ0) is 15.5. The molecule has 0 spiro atoms. The average molecular weight is 293 g/mol. The van der Waals surface area contributed by atoms with Crippen LogP contribution in [0.4, 0.5) is 11.4 Å². The second-order valence-corrected chi connectivity index (χ2v) is 5.03. The van der Waals surface area contributed by atoms with Crippen molar-refractivity contribution >= 4 is 28.2 Å². The molecule has 0 radical (unpaired) electrons. The topological polar surface area (TPSA) is 88.2 Å². The SMILES string of the molecule is Nc1ccc2nc(CC(=O)Nc3cccc(O)c3)ccc2c1. The van der Waals surface area contributed by atoms with Crippen molar-refractivity contribution in [3.05, 3.63) is 60.3 Å². The average Bonchev–Trinajstić information content (AvgIpc) is 2.47. The van der Waals surface area contributed by atoms with E-state index in [9.17, 15) is 9.90 Å². The van der Waals surface area contributed by atoms with Crippen LogP contribution in [0.1, 0.15) is 5.69 Å². The van der Waals surface area contributed by atoms with E-state index in [4.69, 9.17) is 5.73 Å². The molecule has 0 aliphatic carbocycles. The summed E-state index contributed by atoms with van der Waals surface area (Å²) in [4.78, 5) is 16.5. The molecule has 0 saturated carbocycles. The molecule has 5 nitrogen and oxygen atoms in total. The molecular weight excluding hydrogens is 278 g/mol. The number of anilines is 2. The molecule has 3 aromatic rings. The number of carbonyl (C=O) groups is 1. The molecule has 0 aliphatic heterocycles. The number of carbonyl (C=O) groups excluding carboxylic acids is 1. The third-order valence-electron chi connectivity index (χ3n) is 3.24. The number of pyridine rings is 1. The highest BCUT2D eigenvalue weighted by Gasteiger charge is 2.07. The summed E-state index contributed by atoms with van der Waals surface area (Å²) in [6, 6.07) is 15.6. The number of phenolic OH excluding ortho intramolecular Hbond substituents is 1. The number of nitrogens with one attached hydrogen (secondary N) is 1. The van der Waals surface area contributed by atoms with Gasteiger partial charge >= 0.3 is 0 Å². The molecule has 1 amide bonds. The summed E-state index contributed by atoms with van der Waals surface area (Å²) in [6.07, 6.45) is 0.163. The van der Waals surface area contributed by atoms with Crippen molar-refractivity contribution in [3.8, 4) is 5.75 Å². The lowest BCUT2D eigenvalue weighted by Crippen LogP contribution is -2.15. The number of nitrogens with zero attached hydrogens (tertiary/aromatic N) is 1. The highest BCUT2D eigenvalue weighted by atomic mass is 16.3. The monoisotopic (exact) mass is 293 g/mol. The van der Waals surface area contributed by atoms with Gasteiger partial charge in [0.25, 0.3) is 0 Å². The zero-order valence-electron chi connectivity index (χ0n) is 11.8. The first kappa shape index (κ1) is 13.9. The molecule has 22 heavy (non-hydrogen) atoms. The van der Waals surface area contributed by atoms with Gasteiger partial charge in [-0.3, -0.25) is 9.78 Å². The van der Waals surface area contributed by atoms with E-state index in [-0.39, 0.29) is 18.1 Å². The quantitative estimate of drug-likeness (QED) is 0.648. The van der Waals surface area contributed by atoms with Crippen LogP contribution in [0, 0.1) is 0 Å². The predicted molar refractivity (Wildman–Crippen MR) is 86.6 cm³/mol. The van der Waals surface area contributed by atoms with Gasteiger partial charge in [-0.2, -0.15) is 0 Å². The highest BCUT2D eigenvalue weighted by Crippen LogP contribution is 2.18. The van der Waals surface area contributed by atoms with Gasteiger partial charge in [0.05, 0.1) is 17.6 Å². The standard InChI is InChI=1S/C17H15N3O2/c18-12-5-7-16-11(8-12)4-6-14(19-16)10-17(22)20-13-2-1-3-15(21)9-13/h1-9,21H,10,18H2,(H,20,22). The number of phenols is 1. The van der Waals surface area contributed by atoms with Crippen molar-refractivity contribution in [2.24, 2.45) is 0 Å². The van der Waals surface area contributed by atoms with E-state index in [1.54, 1.807) is 24.3 Å². The molecule has 4 N–H and O–H groups in total. The fourth-order valence-corrected chi connectivity index (χ4v) is 2.24. The first-order valence-electron chi connectivity index (χ1n) is 6.84. The van der Waals surface area contributed by atoms with Crippen molar-refractivity contribution in [1.29, 1.82) is 0 Å².